The molecule has 28 heavy (non-hydrogen) atoms. The predicted octanol–water partition coefficient (Wildman–Crippen LogP) is 5.23. The molecule has 4 rings (SSSR count). The SMILES string of the molecule is O=C(CSc1nnc(SCc2ccc(Cl)cc2)s1)c1ccc2c(c1)OCCO2. The minimum Gasteiger partial charge on any atom is -0.486 e. The van der Waals surface area contributed by atoms with E-state index in [1.165, 1.54) is 28.7 Å². The smallest absolute Gasteiger partial charge is 0.175 e. The molecule has 0 amide bonds. The van der Waals surface area contributed by atoms with Crippen LogP contribution in [0.15, 0.2) is 51.1 Å². The van der Waals surface area contributed by atoms with Crippen molar-refractivity contribution in [2.75, 3.05) is 19.0 Å². The molecule has 0 bridgehead atoms. The number of carbonyl (C=O) groups excluding carboxylic acids is 1. The van der Waals surface area contributed by atoms with E-state index < -0.39 is 0 Å². The van der Waals surface area contributed by atoms with Crippen molar-refractivity contribution < 1.29 is 14.3 Å². The van der Waals surface area contributed by atoms with Crippen molar-refractivity contribution in [2.24, 2.45) is 0 Å². The Balaban J connectivity index is 1.30. The van der Waals surface area contributed by atoms with E-state index >= 15 is 0 Å². The summed E-state index contributed by atoms with van der Waals surface area (Å²) in [6, 6.07) is 13.0. The van der Waals surface area contributed by atoms with Crippen molar-refractivity contribution in [2.45, 2.75) is 14.4 Å². The van der Waals surface area contributed by atoms with Gasteiger partial charge in [0.25, 0.3) is 0 Å². The standard InChI is InChI=1S/C19H15ClN2O3S3/c20-14-4-1-12(2-5-14)10-26-18-21-22-19(28-18)27-11-15(23)13-3-6-16-17(9-13)25-8-7-24-16/h1-6,9H,7-8,10-11H2. The van der Waals surface area contributed by atoms with Gasteiger partial charge in [-0.2, -0.15) is 0 Å². The molecule has 0 radical (unpaired) electrons. The number of benzene rings is 2. The largest absolute Gasteiger partial charge is 0.486 e. The Morgan fingerprint density at radius 3 is 2.50 bits per heavy atom. The fraction of sp³-hybridized carbons (Fsp3) is 0.211. The third-order valence-electron chi connectivity index (χ3n) is 3.85. The lowest BCUT2D eigenvalue weighted by Gasteiger charge is -2.18. The van der Waals surface area contributed by atoms with Crippen LogP contribution < -0.4 is 9.47 Å². The normalized spacial score (nSPS) is 12.8. The molecule has 1 aliphatic rings. The van der Waals surface area contributed by atoms with Gasteiger partial charge in [-0.1, -0.05) is 58.6 Å². The van der Waals surface area contributed by atoms with Crippen molar-refractivity contribution in [1.82, 2.24) is 10.2 Å². The number of halogens is 1. The number of thioether (sulfide) groups is 2. The lowest BCUT2D eigenvalue weighted by molar-refractivity contribution is 0.102. The number of nitrogens with zero attached hydrogens (tertiary/aromatic N) is 2. The highest BCUT2D eigenvalue weighted by Gasteiger charge is 2.16. The Bertz CT molecular complexity index is 979. The van der Waals surface area contributed by atoms with E-state index in [0.717, 1.165) is 19.5 Å². The van der Waals surface area contributed by atoms with Crippen LogP contribution in [0.5, 0.6) is 11.5 Å². The molecule has 0 saturated carbocycles. The molecule has 0 fully saturated rings. The van der Waals surface area contributed by atoms with Crippen LogP contribution in [0, 0.1) is 0 Å². The lowest BCUT2D eigenvalue weighted by atomic mass is 10.1. The second-order valence-electron chi connectivity index (χ2n) is 5.82. The van der Waals surface area contributed by atoms with E-state index in [0.29, 0.717) is 36.0 Å². The molecule has 0 atom stereocenters. The molecule has 0 aliphatic carbocycles. The number of ketones is 1. The highest BCUT2D eigenvalue weighted by Crippen LogP contribution is 2.33. The van der Waals surface area contributed by atoms with Crippen LogP contribution in [0.2, 0.25) is 5.02 Å². The zero-order valence-corrected chi connectivity index (χ0v) is 17.8. The summed E-state index contributed by atoms with van der Waals surface area (Å²) < 4.78 is 12.7. The molecule has 1 aliphatic heterocycles. The van der Waals surface area contributed by atoms with Crippen molar-refractivity contribution >= 4 is 52.2 Å². The van der Waals surface area contributed by atoms with Crippen LogP contribution in [0.3, 0.4) is 0 Å². The monoisotopic (exact) mass is 450 g/mol. The summed E-state index contributed by atoms with van der Waals surface area (Å²) in [4.78, 5) is 12.5. The Morgan fingerprint density at radius 1 is 1.00 bits per heavy atom. The van der Waals surface area contributed by atoms with E-state index in [2.05, 4.69) is 10.2 Å². The number of carbonyl (C=O) groups is 1. The number of hydrogen-bond donors (Lipinski definition) is 0. The quantitative estimate of drug-likeness (QED) is 0.360. The van der Waals surface area contributed by atoms with Gasteiger partial charge in [0.05, 0.1) is 5.75 Å². The van der Waals surface area contributed by atoms with Gasteiger partial charge in [-0.05, 0) is 35.9 Å². The summed E-state index contributed by atoms with van der Waals surface area (Å²) in [5, 5.41) is 9.09. The average molecular weight is 451 g/mol. The molecule has 0 saturated heterocycles. The number of fused-ring (bicyclic) bond motifs is 1. The van der Waals surface area contributed by atoms with Gasteiger partial charge in [-0.15, -0.1) is 10.2 Å². The van der Waals surface area contributed by atoms with E-state index in [-0.39, 0.29) is 5.78 Å². The van der Waals surface area contributed by atoms with Crippen molar-refractivity contribution in [3.05, 3.63) is 58.6 Å². The van der Waals surface area contributed by atoms with E-state index in [9.17, 15) is 4.79 Å². The minimum absolute atomic E-state index is 0.0209. The number of aromatic nitrogens is 2. The zero-order valence-electron chi connectivity index (χ0n) is 14.6. The summed E-state index contributed by atoms with van der Waals surface area (Å²) in [5.41, 5.74) is 1.78. The van der Waals surface area contributed by atoms with Crippen LogP contribution in [-0.2, 0) is 5.75 Å². The maximum Gasteiger partial charge on any atom is 0.175 e. The fourth-order valence-corrected chi connectivity index (χ4v) is 5.46. The van der Waals surface area contributed by atoms with E-state index in [4.69, 9.17) is 21.1 Å². The Kier molecular flexibility index (Phi) is 6.41. The van der Waals surface area contributed by atoms with Gasteiger partial charge in [0.1, 0.15) is 13.2 Å². The highest BCUT2D eigenvalue weighted by atomic mass is 35.5. The lowest BCUT2D eigenvalue weighted by Crippen LogP contribution is -2.16. The van der Waals surface area contributed by atoms with Crippen LogP contribution in [0.1, 0.15) is 15.9 Å². The molecular weight excluding hydrogens is 436 g/mol. The van der Waals surface area contributed by atoms with E-state index in [1.807, 2.05) is 24.3 Å². The van der Waals surface area contributed by atoms with Gasteiger partial charge in [-0.3, -0.25) is 4.79 Å². The molecule has 9 heteroatoms. The van der Waals surface area contributed by atoms with E-state index in [1.54, 1.807) is 30.0 Å². The van der Waals surface area contributed by atoms with Crippen molar-refractivity contribution in [1.29, 1.82) is 0 Å². The highest BCUT2D eigenvalue weighted by molar-refractivity contribution is 8.03. The number of ether oxygens (including phenoxy) is 2. The second-order valence-corrected chi connectivity index (χ2v) is 9.68. The van der Waals surface area contributed by atoms with Gasteiger partial charge < -0.3 is 9.47 Å². The molecule has 2 heterocycles. The maximum atomic E-state index is 12.5. The Labute approximate surface area is 179 Å². The molecule has 0 unspecified atom stereocenters. The van der Waals surface area contributed by atoms with Crippen LogP contribution in [0.25, 0.3) is 0 Å². The number of rotatable bonds is 7. The van der Waals surface area contributed by atoms with Gasteiger partial charge in [0.15, 0.2) is 26.0 Å². The first kappa shape index (κ1) is 19.6. The summed E-state index contributed by atoms with van der Waals surface area (Å²) in [5.74, 6) is 2.43. The summed E-state index contributed by atoms with van der Waals surface area (Å²) >= 11 is 10.4. The van der Waals surface area contributed by atoms with Crippen LogP contribution in [0.4, 0.5) is 0 Å². The van der Waals surface area contributed by atoms with Gasteiger partial charge >= 0.3 is 0 Å². The maximum absolute atomic E-state index is 12.5. The van der Waals surface area contributed by atoms with Crippen molar-refractivity contribution in [3.8, 4) is 11.5 Å². The molecule has 2 aromatic carbocycles. The average Bonchev–Trinajstić information content (AvgIpc) is 3.19. The third-order valence-corrected chi connectivity index (χ3v) is 7.37. The van der Waals surface area contributed by atoms with Crippen molar-refractivity contribution in [3.63, 3.8) is 0 Å². The Hall–Kier alpha value is -1.74. The molecule has 0 N–H and O–H groups in total. The first-order chi connectivity index (χ1) is 13.7. The van der Waals surface area contributed by atoms with Gasteiger partial charge in [0, 0.05) is 16.3 Å². The molecule has 1 aromatic heterocycles. The summed E-state index contributed by atoms with van der Waals surface area (Å²) in [6.07, 6.45) is 0. The molecule has 144 valence electrons. The number of Topliss-reactive ketones (excluding diaryl/α,β-unsaturated/α-hetero) is 1. The molecule has 3 aromatic rings. The van der Waals surface area contributed by atoms with Gasteiger partial charge in [0.2, 0.25) is 0 Å². The first-order valence-electron chi connectivity index (χ1n) is 8.44. The summed E-state index contributed by atoms with van der Waals surface area (Å²) in [6.45, 7) is 1.03. The molecular formula is C19H15ClN2O3S3. The third kappa shape index (κ3) is 5.00. The zero-order chi connectivity index (χ0) is 19.3. The minimum atomic E-state index is 0.0209. The van der Waals surface area contributed by atoms with Crippen LogP contribution >= 0.6 is 46.5 Å². The fourth-order valence-electron chi connectivity index (χ4n) is 2.47. The molecule has 0 spiro atoms. The topological polar surface area (TPSA) is 61.3 Å². The second kappa shape index (κ2) is 9.17. The predicted molar refractivity (Wildman–Crippen MR) is 113 cm³/mol. The molecule has 5 nitrogen and oxygen atoms in total. The van der Waals surface area contributed by atoms with Gasteiger partial charge in [-0.25, -0.2) is 0 Å². The Morgan fingerprint density at radius 2 is 1.71 bits per heavy atom. The van der Waals surface area contributed by atoms with Crippen LogP contribution in [-0.4, -0.2) is 34.9 Å². The summed E-state index contributed by atoms with van der Waals surface area (Å²) in [7, 11) is 0. The first-order valence-corrected chi connectivity index (χ1v) is 11.6. The number of hydrogen-bond acceptors (Lipinski definition) is 8.